The molecule has 0 aliphatic carbocycles. The second-order valence-electron chi connectivity index (χ2n) is 6.82. The monoisotopic (exact) mass is 567 g/mol. The van der Waals surface area contributed by atoms with Crippen molar-refractivity contribution < 1.29 is 22.4 Å². The van der Waals surface area contributed by atoms with Gasteiger partial charge in [-0.2, -0.15) is 0 Å². The lowest BCUT2D eigenvalue weighted by atomic mass is 9.99. The number of nitrogens with zero attached hydrogens (tertiary/aromatic N) is 3. The first kappa shape index (κ1) is 22.4. The highest BCUT2D eigenvalue weighted by Gasteiger charge is 2.30. The van der Waals surface area contributed by atoms with Gasteiger partial charge in [-0.25, -0.2) is 13.4 Å². The van der Waals surface area contributed by atoms with Crippen LogP contribution in [0.3, 0.4) is 0 Å². The van der Waals surface area contributed by atoms with Gasteiger partial charge in [0.2, 0.25) is 17.6 Å². The van der Waals surface area contributed by atoms with Crippen molar-refractivity contribution in [3.05, 3.63) is 69.4 Å². The zero-order valence-electron chi connectivity index (χ0n) is 16.8. The Balaban J connectivity index is 1.57. The third-order valence-corrected chi connectivity index (χ3v) is 6.65. The number of nitrogens with one attached hydrogen (secondary N) is 2. The zero-order chi connectivity index (χ0) is 22.7. The number of aliphatic imine (C=N–C) groups is 1. The van der Waals surface area contributed by atoms with E-state index in [0.29, 0.717) is 11.8 Å². The van der Waals surface area contributed by atoms with E-state index in [2.05, 4.69) is 25.2 Å². The van der Waals surface area contributed by atoms with Crippen molar-refractivity contribution in [3.63, 3.8) is 0 Å². The van der Waals surface area contributed by atoms with Gasteiger partial charge < -0.3 is 14.5 Å². The molecule has 1 aliphatic rings. The summed E-state index contributed by atoms with van der Waals surface area (Å²) in [7, 11) is -2.39. The molecule has 4 rings (SSSR count). The number of amidine groups is 1. The van der Waals surface area contributed by atoms with Gasteiger partial charge in [-0.1, -0.05) is 30.3 Å². The minimum Gasteiger partial charge on any atom is -0.422 e. The molecule has 32 heavy (non-hydrogen) atoms. The Labute approximate surface area is 197 Å². The van der Waals surface area contributed by atoms with Crippen LogP contribution in [0.5, 0.6) is 0 Å². The number of aromatic nitrogens is 2. The smallest absolute Gasteiger partial charge is 0.287 e. The maximum absolute atomic E-state index is 12.8. The Morgan fingerprint density at radius 1 is 1.22 bits per heavy atom. The Bertz CT molecular complexity index is 1280. The highest BCUT2D eigenvalue weighted by molar-refractivity contribution is 14.1. The second kappa shape index (κ2) is 9.34. The van der Waals surface area contributed by atoms with E-state index in [1.165, 1.54) is 13.2 Å². The molecule has 0 spiro atoms. The molecule has 2 heterocycles. The second-order valence-corrected chi connectivity index (χ2v) is 9.71. The number of benzene rings is 2. The topological polar surface area (TPSA) is 136 Å². The van der Waals surface area contributed by atoms with E-state index < -0.39 is 21.8 Å². The number of carbonyl (C=O) groups excluding carboxylic acids is 1. The van der Waals surface area contributed by atoms with Crippen LogP contribution in [0.15, 0.2) is 62.8 Å². The number of ether oxygens (including phenoxy) is 1. The van der Waals surface area contributed by atoms with E-state index in [1.807, 2.05) is 52.9 Å². The number of hydrogen-bond acceptors (Lipinski definition) is 8. The van der Waals surface area contributed by atoms with Gasteiger partial charge in [0, 0.05) is 17.2 Å². The molecule has 1 aliphatic heterocycles. The molecule has 2 N–H and O–H groups in total. The van der Waals surface area contributed by atoms with E-state index in [-0.39, 0.29) is 29.6 Å². The molecular weight excluding hydrogens is 549 g/mol. The Morgan fingerprint density at radius 2 is 2.00 bits per heavy atom. The summed E-state index contributed by atoms with van der Waals surface area (Å²) in [5.74, 6) is -0.820. The molecule has 166 valence electrons. The largest absolute Gasteiger partial charge is 0.422 e. The molecule has 1 atom stereocenters. The molecule has 0 fully saturated rings. The van der Waals surface area contributed by atoms with Crippen LogP contribution in [-0.2, 0) is 26.2 Å². The molecule has 1 aromatic heterocycles. The van der Waals surface area contributed by atoms with Crippen molar-refractivity contribution in [2.45, 2.75) is 17.4 Å². The van der Waals surface area contributed by atoms with Crippen LogP contribution in [-0.4, -0.2) is 44.0 Å². The predicted octanol–water partition coefficient (Wildman–Crippen LogP) is 2.09. The third kappa shape index (κ3) is 4.81. The van der Waals surface area contributed by atoms with Crippen LogP contribution >= 0.6 is 22.6 Å². The Kier molecular flexibility index (Phi) is 6.53. The number of carbonyl (C=O) groups is 1. The average molecular weight is 567 g/mol. The molecule has 1 unspecified atom stereocenters. The first-order valence-electron chi connectivity index (χ1n) is 9.43. The molecular formula is C20H18IN5O5S. The predicted molar refractivity (Wildman–Crippen MR) is 123 cm³/mol. The van der Waals surface area contributed by atoms with E-state index in [0.717, 1.165) is 9.13 Å². The quantitative estimate of drug-likeness (QED) is 0.418. The van der Waals surface area contributed by atoms with Gasteiger partial charge in [-0.15, -0.1) is 10.2 Å². The summed E-state index contributed by atoms with van der Waals surface area (Å²) in [6.45, 7) is 0.246. The Morgan fingerprint density at radius 3 is 2.75 bits per heavy atom. The lowest BCUT2D eigenvalue weighted by molar-refractivity contribution is -0.115. The molecule has 1 amide bonds. The highest BCUT2D eigenvalue weighted by Crippen LogP contribution is 2.29. The summed E-state index contributed by atoms with van der Waals surface area (Å²) in [6, 6.07) is 14.1. The summed E-state index contributed by atoms with van der Waals surface area (Å²) in [6.07, 6.45) is 0. The SMILES string of the molecule is COCc1nnc(C(CNC(=O)C2=Nc3ccc(I)cc3S(=O)(=O)N2)c2ccccc2)o1. The number of methoxy groups -OCH3 is 1. The fourth-order valence-electron chi connectivity index (χ4n) is 3.12. The zero-order valence-corrected chi connectivity index (χ0v) is 19.8. The van der Waals surface area contributed by atoms with Gasteiger partial charge in [0.15, 0.2) is 0 Å². The van der Waals surface area contributed by atoms with Crippen molar-refractivity contribution in [2.75, 3.05) is 13.7 Å². The van der Waals surface area contributed by atoms with Crippen molar-refractivity contribution in [1.82, 2.24) is 20.2 Å². The van der Waals surface area contributed by atoms with Crippen molar-refractivity contribution in [2.24, 2.45) is 4.99 Å². The van der Waals surface area contributed by atoms with Gasteiger partial charge in [0.05, 0.1) is 11.6 Å². The minimum atomic E-state index is -3.91. The van der Waals surface area contributed by atoms with Crippen LogP contribution in [0.25, 0.3) is 0 Å². The van der Waals surface area contributed by atoms with Gasteiger partial charge in [-0.3, -0.25) is 9.52 Å². The number of hydrogen-bond donors (Lipinski definition) is 2. The summed E-state index contributed by atoms with van der Waals surface area (Å²) < 4.78 is 38.8. The maximum atomic E-state index is 12.8. The molecule has 3 aromatic rings. The number of amides is 1. The molecule has 0 saturated carbocycles. The van der Waals surface area contributed by atoms with Gasteiger partial charge in [0.1, 0.15) is 11.5 Å². The molecule has 12 heteroatoms. The first-order chi connectivity index (χ1) is 15.4. The van der Waals surface area contributed by atoms with Crippen LogP contribution < -0.4 is 10.0 Å². The Hall–Kier alpha value is -2.84. The van der Waals surface area contributed by atoms with Gasteiger partial charge in [0.25, 0.3) is 15.9 Å². The van der Waals surface area contributed by atoms with E-state index in [1.54, 1.807) is 12.1 Å². The normalized spacial score (nSPS) is 15.2. The van der Waals surface area contributed by atoms with E-state index >= 15 is 0 Å². The number of halogens is 1. The molecule has 0 saturated heterocycles. The number of rotatable bonds is 7. The van der Waals surface area contributed by atoms with Gasteiger partial charge in [-0.05, 0) is 46.4 Å². The third-order valence-electron chi connectivity index (χ3n) is 4.61. The number of fused-ring (bicyclic) bond motifs is 1. The van der Waals surface area contributed by atoms with Crippen molar-refractivity contribution in [1.29, 1.82) is 0 Å². The summed E-state index contributed by atoms with van der Waals surface area (Å²) >= 11 is 2.01. The molecule has 0 bridgehead atoms. The summed E-state index contributed by atoms with van der Waals surface area (Å²) in [5, 5.41) is 10.7. The first-order valence-corrected chi connectivity index (χ1v) is 12.0. The summed E-state index contributed by atoms with van der Waals surface area (Å²) in [4.78, 5) is 17.0. The fraction of sp³-hybridized carbons (Fsp3) is 0.200. The maximum Gasteiger partial charge on any atom is 0.287 e. The van der Waals surface area contributed by atoms with E-state index in [4.69, 9.17) is 9.15 Å². The standard InChI is InChI=1S/C20H18IN5O5S/c1-30-11-17-24-25-20(31-17)14(12-5-3-2-4-6-12)10-22-19(27)18-23-15-8-7-13(21)9-16(15)32(28,29)26-18/h2-9,14H,10-11H2,1H3,(H,22,27)(H,23,26). The van der Waals surface area contributed by atoms with Crippen LogP contribution in [0, 0.1) is 3.57 Å². The molecule has 2 aromatic carbocycles. The lowest BCUT2D eigenvalue weighted by Gasteiger charge is -2.19. The van der Waals surface area contributed by atoms with Crippen LogP contribution in [0.4, 0.5) is 5.69 Å². The highest BCUT2D eigenvalue weighted by atomic mass is 127. The average Bonchev–Trinajstić information content (AvgIpc) is 3.23. The van der Waals surface area contributed by atoms with E-state index in [9.17, 15) is 13.2 Å². The van der Waals surface area contributed by atoms with Crippen molar-refractivity contribution >= 4 is 50.0 Å². The van der Waals surface area contributed by atoms with Crippen LogP contribution in [0.1, 0.15) is 23.3 Å². The van der Waals surface area contributed by atoms with Gasteiger partial charge >= 0.3 is 0 Å². The van der Waals surface area contributed by atoms with Crippen LogP contribution in [0.2, 0.25) is 0 Å². The summed E-state index contributed by atoms with van der Waals surface area (Å²) in [5.41, 5.74) is 1.04. The number of sulfonamides is 1. The minimum absolute atomic E-state index is 0.0274. The van der Waals surface area contributed by atoms with Crippen molar-refractivity contribution in [3.8, 4) is 0 Å². The lowest BCUT2D eigenvalue weighted by Crippen LogP contribution is -2.45. The molecule has 10 nitrogen and oxygen atoms in total. The molecule has 0 radical (unpaired) electrons. The fourth-order valence-corrected chi connectivity index (χ4v) is 5.00.